The predicted octanol–water partition coefficient (Wildman–Crippen LogP) is 2.05. The lowest BCUT2D eigenvalue weighted by molar-refractivity contribution is -0.385. The van der Waals surface area contributed by atoms with E-state index in [1.807, 2.05) is 32.8 Å². The second kappa shape index (κ2) is 5.87. The summed E-state index contributed by atoms with van der Waals surface area (Å²) in [5.74, 6) is -1.31. The molecule has 0 atom stereocenters. The van der Waals surface area contributed by atoms with E-state index in [1.165, 1.54) is 18.2 Å². The standard InChI is InChI=1S/C13H19N3O4/c1-13(2,15(3)4)8-14-9-5-6-11(16(19)20)10(7-9)12(17)18/h5-7,14H,8H2,1-4H3,(H,17,18). The summed E-state index contributed by atoms with van der Waals surface area (Å²) in [6.45, 7) is 4.64. The van der Waals surface area contributed by atoms with Crippen LogP contribution >= 0.6 is 0 Å². The maximum atomic E-state index is 11.0. The van der Waals surface area contributed by atoms with E-state index in [0.29, 0.717) is 12.2 Å². The summed E-state index contributed by atoms with van der Waals surface area (Å²) in [4.78, 5) is 23.1. The van der Waals surface area contributed by atoms with E-state index in [9.17, 15) is 14.9 Å². The van der Waals surface area contributed by atoms with E-state index in [0.717, 1.165) is 0 Å². The number of carboxylic acids is 1. The highest BCUT2D eigenvalue weighted by atomic mass is 16.6. The van der Waals surface area contributed by atoms with Gasteiger partial charge in [-0.05, 0) is 40.1 Å². The Morgan fingerprint density at radius 2 is 2.05 bits per heavy atom. The SMILES string of the molecule is CN(C)C(C)(C)CNc1ccc([N+](=O)[O-])c(C(=O)O)c1. The van der Waals surface area contributed by atoms with Gasteiger partial charge in [0.1, 0.15) is 5.56 Å². The van der Waals surface area contributed by atoms with Crippen molar-refractivity contribution < 1.29 is 14.8 Å². The molecule has 0 aliphatic heterocycles. The first-order chi connectivity index (χ1) is 9.15. The minimum absolute atomic E-state index is 0.134. The number of hydrogen-bond donors (Lipinski definition) is 2. The second-order valence-corrected chi connectivity index (χ2v) is 5.35. The number of carbonyl (C=O) groups is 1. The smallest absolute Gasteiger partial charge is 0.342 e. The first-order valence-electron chi connectivity index (χ1n) is 6.08. The molecule has 7 heteroatoms. The molecule has 0 aromatic heterocycles. The predicted molar refractivity (Wildman–Crippen MR) is 76.3 cm³/mol. The molecule has 0 saturated heterocycles. The van der Waals surface area contributed by atoms with Crippen LogP contribution in [0.3, 0.4) is 0 Å². The van der Waals surface area contributed by atoms with Crippen LogP contribution < -0.4 is 5.32 Å². The number of anilines is 1. The molecule has 110 valence electrons. The molecule has 0 unspecified atom stereocenters. The van der Waals surface area contributed by atoms with Gasteiger partial charge in [-0.15, -0.1) is 0 Å². The zero-order valence-electron chi connectivity index (χ0n) is 12.0. The van der Waals surface area contributed by atoms with Crippen molar-refractivity contribution >= 4 is 17.3 Å². The molecular formula is C13H19N3O4. The van der Waals surface area contributed by atoms with Gasteiger partial charge in [-0.25, -0.2) is 4.79 Å². The third-order valence-corrected chi connectivity index (χ3v) is 3.36. The normalized spacial score (nSPS) is 11.4. The zero-order chi connectivity index (χ0) is 15.5. The number of nitro groups is 1. The van der Waals surface area contributed by atoms with Crippen LogP contribution in [0.25, 0.3) is 0 Å². The summed E-state index contributed by atoms with van der Waals surface area (Å²) in [5, 5.41) is 22.9. The van der Waals surface area contributed by atoms with Crippen LogP contribution in [0.1, 0.15) is 24.2 Å². The molecule has 1 aromatic carbocycles. The zero-order valence-corrected chi connectivity index (χ0v) is 12.0. The van der Waals surface area contributed by atoms with Gasteiger partial charge in [0, 0.05) is 23.8 Å². The summed E-state index contributed by atoms with van der Waals surface area (Å²) >= 11 is 0. The number of carboxylic acid groups (broad SMARTS) is 1. The maximum absolute atomic E-state index is 11.0. The number of benzene rings is 1. The average molecular weight is 281 g/mol. The quantitative estimate of drug-likeness (QED) is 0.612. The lowest BCUT2D eigenvalue weighted by atomic mass is 10.0. The summed E-state index contributed by atoms with van der Waals surface area (Å²) < 4.78 is 0. The van der Waals surface area contributed by atoms with E-state index >= 15 is 0 Å². The lowest BCUT2D eigenvalue weighted by Crippen LogP contribution is -2.44. The van der Waals surface area contributed by atoms with Crippen molar-refractivity contribution in [1.29, 1.82) is 0 Å². The second-order valence-electron chi connectivity index (χ2n) is 5.35. The van der Waals surface area contributed by atoms with Crippen molar-refractivity contribution in [1.82, 2.24) is 4.90 Å². The van der Waals surface area contributed by atoms with Crippen LogP contribution in [0, 0.1) is 10.1 Å². The highest BCUT2D eigenvalue weighted by molar-refractivity contribution is 5.93. The van der Waals surface area contributed by atoms with Gasteiger partial charge in [-0.3, -0.25) is 10.1 Å². The largest absolute Gasteiger partial charge is 0.477 e. The summed E-state index contributed by atoms with van der Waals surface area (Å²) in [7, 11) is 3.89. The lowest BCUT2D eigenvalue weighted by Gasteiger charge is -2.33. The molecule has 20 heavy (non-hydrogen) atoms. The Morgan fingerprint density at radius 1 is 1.45 bits per heavy atom. The molecule has 0 fully saturated rings. The number of rotatable bonds is 6. The summed E-state index contributed by atoms with van der Waals surface area (Å²) in [5.41, 5.74) is -0.314. The molecule has 0 bridgehead atoms. The maximum Gasteiger partial charge on any atom is 0.342 e. The molecule has 0 heterocycles. The molecule has 0 aliphatic rings. The van der Waals surface area contributed by atoms with Crippen molar-refractivity contribution in [3.8, 4) is 0 Å². The molecule has 0 aliphatic carbocycles. The number of likely N-dealkylation sites (N-methyl/N-ethyl adjacent to an activating group) is 1. The summed E-state index contributed by atoms with van der Waals surface area (Å²) in [6.07, 6.45) is 0. The fraction of sp³-hybridized carbons (Fsp3) is 0.462. The minimum atomic E-state index is -1.31. The fourth-order valence-electron chi connectivity index (χ4n) is 1.45. The van der Waals surface area contributed by atoms with Crippen molar-refractivity contribution in [3.05, 3.63) is 33.9 Å². The molecule has 1 rings (SSSR count). The first kappa shape index (κ1) is 15.9. The van der Waals surface area contributed by atoms with E-state index in [4.69, 9.17) is 5.11 Å². The highest BCUT2D eigenvalue weighted by Gasteiger charge is 2.22. The van der Waals surface area contributed by atoms with E-state index < -0.39 is 16.6 Å². The van der Waals surface area contributed by atoms with Gasteiger partial charge in [-0.2, -0.15) is 0 Å². The van der Waals surface area contributed by atoms with E-state index in [-0.39, 0.29) is 11.1 Å². The van der Waals surface area contributed by atoms with Crippen molar-refractivity contribution in [3.63, 3.8) is 0 Å². The van der Waals surface area contributed by atoms with Crippen LogP contribution in [0.5, 0.6) is 0 Å². The average Bonchev–Trinajstić information content (AvgIpc) is 2.35. The Labute approximate surface area is 117 Å². The topological polar surface area (TPSA) is 95.7 Å². The molecule has 0 amide bonds. The van der Waals surface area contributed by atoms with E-state index in [1.54, 1.807) is 0 Å². The van der Waals surface area contributed by atoms with E-state index in [2.05, 4.69) is 5.32 Å². The van der Waals surface area contributed by atoms with Crippen LogP contribution in [-0.2, 0) is 0 Å². The van der Waals surface area contributed by atoms with Crippen LogP contribution in [0.2, 0.25) is 0 Å². The highest BCUT2D eigenvalue weighted by Crippen LogP contribution is 2.23. The van der Waals surface area contributed by atoms with Crippen LogP contribution in [0.15, 0.2) is 18.2 Å². The number of nitrogens with one attached hydrogen (secondary N) is 1. The minimum Gasteiger partial charge on any atom is -0.477 e. The van der Waals surface area contributed by atoms with Crippen LogP contribution in [-0.4, -0.2) is 47.1 Å². The van der Waals surface area contributed by atoms with Crippen LogP contribution in [0.4, 0.5) is 11.4 Å². The van der Waals surface area contributed by atoms with Crippen molar-refractivity contribution in [2.75, 3.05) is 26.0 Å². The molecule has 2 N–H and O–H groups in total. The number of nitro benzene ring substituents is 1. The molecule has 0 spiro atoms. The van der Waals surface area contributed by atoms with Gasteiger partial charge in [0.25, 0.3) is 5.69 Å². The van der Waals surface area contributed by atoms with Crippen molar-refractivity contribution in [2.45, 2.75) is 19.4 Å². The summed E-state index contributed by atoms with van der Waals surface area (Å²) in [6, 6.07) is 4.00. The molecule has 7 nitrogen and oxygen atoms in total. The van der Waals surface area contributed by atoms with Gasteiger partial charge in [0.05, 0.1) is 4.92 Å². The fourth-order valence-corrected chi connectivity index (χ4v) is 1.45. The third-order valence-electron chi connectivity index (χ3n) is 3.36. The molecule has 1 aromatic rings. The van der Waals surface area contributed by atoms with Gasteiger partial charge < -0.3 is 15.3 Å². The number of aromatic carboxylic acids is 1. The monoisotopic (exact) mass is 281 g/mol. The Bertz CT molecular complexity index is 526. The molecular weight excluding hydrogens is 262 g/mol. The molecule has 0 saturated carbocycles. The Balaban J connectivity index is 2.96. The third kappa shape index (κ3) is 3.67. The van der Waals surface area contributed by atoms with Gasteiger partial charge in [-0.1, -0.05) is 0 Å². The number of nitrogens with zero attached hydrogens (tertiary/aromatic N) is 2. The Morgan fingerprint density at radius 3 is 2.50 bits per heavy atom. The Hall–Kier alpha value is -2.15. The Kier molecular flexibility index (Phi) is 4.67. The van der Waals surface area contributed by atoms with Gasteiger partial charge >= 0.3 is 5.97 Å². The number of hydrogen-bond acceptors (Lipinski definition) is 5. The van der Waals surface area contributed by atoms with Crippen molar-refractivity contribution in [2.24, 2.45) is 0 Å². The first-order valence-corrected chi connectivity index (χ1v) is 6.08. The van der Waals surface area contributed by atoms with Gasteiger partial charge in [0.2, 0.25) is 0 Å². The van der Waals surface area contributed by atoms with Gasteiger partial charge in [0.15, 0.2) is 0 Å². The molecule has 0 radical (unpaired) electrons.